The first kappa shape index (κ1) is 22.5. The van der Waals surface area contributed by atoms with Crippen LogP contribution in [0, 0.1) is 13.8 Å². The smallest absolute Gasteiger partial charge is 0.326 e. The van der Waals surface area contributed by atoms with Gasteiger partial charge in [0.15, 0.2) is 0 Å². The topological polar surface area (TPSA) is 74.3 Å². The molecule has 0 bridgehead atoms. The van der Waals surface area contributed by atoms with Crippen molar-refractivity contribution in [2.24, 2.45) is 0 Å². The minimum Gasteiger partial charge on any atom is -0.345 e. The molecule has 6 nitrogen and oxygen atoms in total. The van der Waals surface area contributed by atoms with Gasteiger partial charge in [-0.05, 0) is 74.1 Å². The second-order valence-electron chi connectivity index (χ2n) is 8.86. The molecule has 1 atom stereocenters. The van der Waals surface area contributed by atoms with Crippen LogP contribution in [-0.2, 0) is 6.42 Å². The molecular formula is C27H28N4O2S. The van der Waals surface area contributed by atoms with Crippen LogP contribution in [0.25, 0.3) is 0 Å². The third kappa shape index (κ3) is 4.53. The van der Waals surface area contributed by atoms with E-state index in [2.05, 4.69) is 27.8 Å². The number of carbonyl (C=O) groups is 2. The molecule has 0 unspecified atom stereocenters. The van der Waals surface area contributed by atoms with Gasteiger partial charge in [0.2, 0.25) is 0 Å². The molecule has 0 saturated heterocycles. The van der Waals surface area contributed by atoms with E-state index < -0.39 is 0 Å². The van der Waals surface area contributed by atoms with Crippen molar-refractivity contribution < 1.29 is 9.59 Å². The van der Waals surface area contributed by atoms with E-state index in [-0.39, 0.29) is 18.0 Å². The summed E-state index contributed by atoms with van der Waals surface area (Å²) >= 11 is 1.68. The molecule has 3 aromatic rings. The lowest BCUT2D eigenvalue weighted by Gasteiger charge is -2.30. The largest absolute Gasteiger partial charge is 0.345 e. The number of carbonyl (C=O) groups excluding carboxylic acids is 2. The highest BCUT2D eigenvalue weighted by atomic mass is 32.2. The normalized spacial score (nSPS) is 16.9. The van der Waals surface area contributed by atoms with E-state index in [0.29, 0.717) is 17.8 Å². The van der Waals surface area contributed by atoms with Crippen molar-refractivity contribution in [2.45, 2.75) is 44.2 Å². The number of hydrogen-bond acceptors (Lipinski definition) is 4. The molecule has 2 aliphatic rings. The van der Waals surface area contributed by atoms with Gasteiger partial charge in [0.25, 0.3) is 5.91 Å². The molecule has 0 saturated carbocycles. The van der Waals surface area contributed by atoms with Crippen LogP contribution in [0.5, 0.6) is 0 Å². The molecule has 1 aliphatic carbocycles. The quantitative estimate of drug-likeness (QED) is 0.517. The summed E-state index contributed by atoms with van der Waals surface area (Å²) in [6.07, 6.45) is 3.04. The first-order valence-corrected chi connectivity index (χ1v) is 12.7. The van der Waals surface area contributed by atoms with Gasteiger partial charge < -0.3 is 10.6 Å². The summed E-state index contributed by atoms with van der Waals surface area (Å²) < 4.78 is 0. The zero-order valence-corrected chi connectivity index (χ0v) is 20.2. The minimum atomic E-state index is -0.214. The number of benzene rings is 2. The fourth-order valence-corrected chi connectivity index (χ4v) is 5.93. The van der Waals surface area contributed by atoms with Crippen LogP contribution in [-0.4, -0.2) is 29.2 Å². The van der Waals surface area contributed by atoms with Gasteiger partial charge in [-0.3, -0.25) is 9.69 Å². The van der Waals surface area contributed by atoms with E-state index in [9.17, 15) is 9.59 Å². The van der Waals surface area contributed by atoms with Crippen molar-refractivity contribution in [1.82, 2.24) is 10.3 Å². The average molecular weight is 473 g/mol. The number of amides is 3. The predicted molar refractivity (Wildman–Crippen MR) is 137 cm³/mol. The van der Waals surface area contributed by atoms with Crippen LogP contribution in [0.2, 0.25) is 0 Å². The Morgan fingerprint density at radius 3 is 2.82 bits per heavy atom. The number of thioether (sulfide) groups is 1. The SMILES string of the molecule is Cc1cc(C)c2c(n1)SCCN2C(=O)Nc1cccc(C(=O)N[C@@H]2CCCc3ccccc32)c1. The summed E-state index contributed by atoms with van der Waals surface area (Å²) in [6, 6.07) is 17.2. The number of fused-ring (bicyclic) bond motifs is 2. The Labute approximate surface area is 204 Å². The number of nitrogens with zero attached hydrogens (tertiary/aromatic N) is 2. The molecule has 0 fully saturated rings. The lowest BCUT2D eigenvalue weighted by Crippen LogP contribution is -2.39. The predicted octanol–water partition coefficient (Wildman–Crippen LogP) is 5.65. The molecule has 1 aliphatic heterocycles. The Morgan fingerprint density at radius 2 is 1.94 bits per heavy atom. The Bertz CT molecular complexity index is 1260. The van der Waals surface area contributed by atoms with E-state index in [1.165, 1.54) is 11.1 Å². The number of rotatable bonds is 3. The van der Waals surface area contributed by atoms with Gasteiger partial charge in [-0.25, -0.2) is 9.78 Å². The fourth-order valence-electron chi connectivity index (χ4n) is 4.85. The van der Waals surface area contributed by atoms with Crippen LogP contribution in [0.15, 0.2) is 59.6 Å². The monoisotopic (exact) mass is 472 g/mol. The zero-order valence-electron chi connectivity index (χ0n) is 19.4. The molecular weight excluding hydrogens is 444 g/mol. The van der Waals surface area contributed by atoms with E-state index >= 15 is 0 Å². The number of pyridine rings is 1. The molecule has 0 radical (unpaired) electrons. The molecule has 1 aromatic heterocycles. The molecule has 174 valence electrons. The molecule has 2 heterocycles. The van der Waals surface area contributed by atoms with Crippen molar-refractivity contribution in [3.05, 3.63) is 82.5 Å². The second-order valence-corrected chi connectivity index (χ2v) is 9.95. The van der Waals surface area contributed by atoms with Crippen LogP contribution in [0.1, 0.15) is 51.6 Å². The number of nitrogens with one attached hydrogen (secondary N) is 2. The van der Waals surface area contributed by atoms with Gasteiger partial charge in [0.05, 0.1) is 11.7 Å². The molecule has 2 N–H and O–H groups in total. The number of anilines is 2. The van der Waals surface area contributed by atoms with Gasteiger partial charge in [-0.15, -0.1) is 11.8 Å². The number of aromatic nitrogens is 1. The van der Waals surface area contributed by atoms with Gasteiger partial charge in [-0.2, -0.15) is 0 Å². The van der Waals surface area contributed by atoms with Gasteiger partial charge in [0, 0.05) is 29.2 Å². The first-order chi connectivity index (χ1) is 16.5. The summed E-state index contributed by atoms with van der Waals surface area (Å²) in [4.78, 5) is 32.6. The fraction of sp³-hybridized carbons (Fsp3) is 0.296. The highest BCUT2D eigenvalue weighted by molar-refractivity contribution is 7.99. The maximum atomic E-state index is 13.2. The Balaban J connectivity index is 1.31. The van der Waals surface area contributed by atoms with Crippen molar-refractivity contribution in [3.63, 3.8) is 0 Å². The van der Waals surface area contributed by atoms with Crippen molar-refractivity contribution in [2.75, 3.05) is 22.5 Å². The Hall–Kier alpha value is -3.32. The lowest BCUT2D eigenvalue weighted by atomic mass is 9.87. The first-order valence-electron chi connectivity index (χ1n) is 11.7. The number of urea groups is 1. The van der Waals surface area contributed by atoms with Crippen molar-refractivity contribution in [3.8, 4) is 0 Å². The van der Waals surface area contributed by atoms with Crippen molar-refractivity contribution in [1.29, 1.82) is 0 Å². The van der Waals surface area contributed by atoms with Crippen molar-refractivity contribution >= 4 is 35.1 Å². The molecule has 3 amide bonds. The number of aryl methyl sites for hydroxylation is 3. The van der Waals surface area contributed by atoms with E-state index in [1.807, 2.05) is 38.1 Å². The third-order valence-corrected chi connectivity index (χ3v) is 7.34. The maximum absolute atomic E-state index is 13.2. The Kier molecular flexibility index (Phi) is 6.28. The third-order valence-electron chi connectivity index (χ3n) is 6.40. The maximum Gasteiger partial charge on any atom is 0.326 e. The molecule has 7 heteroatoms. The molecule has 2 aromatic carbocycles. The van der Waals surface area contributed by atoms with E-state index in [1.54, 1.807) is 34.9 Å². The highest BCUT2D eigenvalue weighted by Crippen LogP contribution is 2.36. The minimum absolute atomic E-state index is 0.0111. The number of hydrogen-bond donors (Lipinski definition) is 2. The van der Waals surface area contributed by atoms with Gasteiger partial charge >= 0.3 is 6.03 Å². The summed E-state index contributed by atoms with van der Waals surface area (Å²) in [6.45, 7) is 4.58. The van der Waals surface area contributed by atoms with Gasteiger partial charge in [-0.1, -0.05) is 30.3 Å². The summed E-state index contributed by atoms with van der Waals surface area (Å²) in [7, 11) is 0. The molecule has 34 heavy (non-hydrogen) atoms. The van der Waals surface area contributed by atoms with Gasteiger partial charge in [0.1, 0.15) is 5.03 Å². The van der Waals surface area contributed by atoms with E-state index in [4.69, 9.17) is 0 Å². The highest BCUT2D eigenvalue weighted by Gasteiger charge is 2.27. The summed E-state index contributed by atoms with van der Waals surface area (Å²) in [5, 5.41) is 7.06. The molecule has 0 spiro atoms. The summed E-state index contributed by atoms with van der Waals surface area (Å²) in [5.74, 6) is 0.662. The lowest BCUT2D eigenvalue weighted by molar-refractivity contribution is 0.0932. The molecule has 5 rings (SSSR count). The standard InChI is InChI=1S/C27H28N4O2S/c1-17-15-18(2)28-26-24(17)31(13-14-34-26)27(33)29-21-10-5-9-20(16-21)25(32)30-23-12-6-8-19-7-3-4-11-22(19)23/h3-5,7,9-11,15-16,23H,6,8,12-14H2,1-2H3,(H,29,33)(H,30,32)/t23-/m1/s1. The van der Waals surface area contributed by atoms with E-state index in [0.717, 1.165) is 47.0 Å². The zero-order chi connectivity index (χ0) is 23.7. The van der Waals surface area contributed by atoms with Crippen LogP contribution < -0.4 is 15.5 Å². The van der Waals surface area contributed by atoms with Crippen LogP contribution >= 0.6 is 11.8 Å². The second kappa shape index (κ2) is 9.50. The van der Waals surface area contributed by atoms with Crippen LogP contribution in [0.3, 0.4) is 0 Å². The van der Waals surface area contributed by atoms with Crippen LogP contribution in [0.4, 0.5) is 16.2 Å². The summed E-state index contributed by atoms with van der Waals surface area (Å²) in [5.41, 5.74) is 6.48. The average Bonchev–Trinajstić information content (AvgIpc) is 2.84. The Morgan fingerprint density at radius 1 is 1.09 bits per heavy atom.